The zero-order valence-electron chi connectivity index (χ0n) is 15.1. The van der Waals surface area contributed by atoms with Crippen LogP contribution < -0.4 is 5.73 Å². The van der Waals surface area contributed by atoms with Crippen LogP contribution in [0, 0.1) is 19.3 Å². The molecule has 0 bridgehead atoms. The van der Waals surface area contributed by atoms with E-state index in [4.69, 9.17) is 22.7 Å². The van der Waals surface area contributed by atoms with Crippen molar-refractivity contribution in [2.45, 2.75) is 29.9 Å². The summed E-state index contributed by atoms with van der Waals surface area (Å²) in [5.41, 5.74) is 8.20. The second kappa shape index (κ2) is 6.76. The van der Waals surface area contributed by atoms with Gasteiger partial charge in [-0.25, -0.2) is 8.42 Å². The Bertz CT molecular complexity index is 921. The molecule has 0 spiro atoms. The van der Waals surface area contributed by atoms with Gasteiger partial charge in [0, 0.05) is 13.0 Å². The van der Waals surface area contributed by atoms with E-state index in [1.165, 1.54) is 0 Å². The van der Waals surface area contributed by atoms with E-state index in [2.05, 4.69) is 0 Å². The van der Waals surface area contributed by atoms with Crippen LogP contribution in [-0.2, 0) is 14.6 Å². The summed E-state index contributed by atoms with van der Waals surface area (Å²) in [7, 11) is -2.07. The molecule has 2 N–H and O–H groups in total. The topological polar surface area (TPSA) is 69.4 Å². The van der Waals surface area contributed by atoms with Crippen LogP contribution in [0.2, 0.25) is 0 Å². The van der Waals surface area contributed by atoms with Gasteiger partial charge in [-0.15, -0.1) is 0 Å². The summed E-state index contributed by atoms with van der Waals surface area (Å²) in [6.45, 7) is 4.09. The fraction of sp³-hybridized carbons (Fsp3) is 0.350. The Balaban J connectivity index is 2.11. The van der Waals surface area contributed by atoms with Crippen molar-refractivity contribution >= 4 is 27.0 Å². The highest BCUT2D eigenvalue weighted by molar-refractivity contribution is 7.92. The number of thiocarbonyl (C=S) groups is 1. The van der Waals surface area contributed by atoms with Gasteiger partial charge in [-0.2, -0.15) is 0 Å². The van der Waals surface area contributed by atoms with Crippen LogP contribution in [0.15, 0.2) is 53.4 Å². The Labute approximate surface area is 160 Å². The Morgan fingerprint density at radius 1 is 1.08 bits per heavy atom. The molecule has 0 heterocycles. The van der Waals surface area contributed by atoms with Gasteiger partial charge < -0.3 is 10.5 Å². The van der Waals surface area contributed by atoms with E-state index >= 15 is 0 Å². The molecule has 26 heavy (non-hydrogen) atoms. The van der Waals surface area contributed by atoms with E-state index in [1.807, 2.05) is 38.1 Å². The number of benzene rings is 2. The summed E-state index contributed by atoms with van der Waals surface area (Å²) in [6, 6.07) is 14.7. The molecule has 2 aromatic carbocycles. The molecule has 3 atom stereocenters. The van der Waals surface area contributed by atoms with Gasteiger partial charge in [0.2, 0.25) is 0 Å². The Morgan fingerprint density at radius 3 is 2.04 bits per heavy atom. The third-order valence-electron chi connectivity index (χ3n) is 5.22. The first-order valence-electron chi connectivity index (χ1n) is 8.41. The predicted molar refractivity (Wildman–Crippen MR) is 107 cm³/mol. The third-order valence-corrected chi connectivity index (χ3v) is 7.89. The van der Waals surface area contributed by atoms with E-state index < -0.39 is 20.5 Å². The lowest BCUT2D eigenvalue weighted by atomic mass is 9.99. The van der Waals surface area contributed by atoms with Crippen molar-refractivity contribution in [1.29, 1.82) is 0 Å². The van der Waals surface area contributed by atoms with Crippen molar-refractivity contribution in [3.63, 3.8) is 0 Å². The van der Waals surface area contributed by atoms with Crippen LogP contribution in [-0.4, -0.2) is 32.4 Å². The summed E-state index contributed by atoms with van der Waals surface area (Å²) >= 11 is 5.31. The highest BCUT2D eigenvalue weighted by Crippen LogP contribution is 2.64. The molecule has 2 aromatic rings. The molecule has 1 fully saturated rings. The summed E-state index contributed by atoms with van der Waals surface area (Å²) in [5.74, 6) is -0.313. The van der Waals surface area contributed by atoms with Crippen molar-refractivity contribution in [1.82, 2.24) is 0 Å². The highest BCUT2D eigenvalue weighted by atomic mass is 32.2. The smallest absolute Gasteiger partial charge is 0.182 e. The van der Waals surface area contributed by atoms with Crippen LogP contribution in [0.1, 0.15) is 22.6 Å². The molecule has 1 saturated carbocycles. The minimum Gasteiger partial charge on any atom is -0.393 e. The maximum absolute atomic E-state index is 13.4. The molecule has 0 radical (unpaired) electrons. The molecule has 6 heteroatoms. The van der Waals surface area contributed by atoms with Crippen molar-refractivity contribution in [3.8, 4) is 0 Å². The maximum atomic E-state index is 13.4. The second-order valence-corrected chi connectivity index (χ2v) is 9.51. The summed E-state index contributed by atoms with van der Waals surface area (Å²) in [4.78, 5) is 0.477. The first kappa shape index (κ1) is 19.0. The van der Waals surface area contributed by atoms with Gasteiger partial charge in [0.05, 0.1) is 27.2 Å². The van der Waals surface area contributed by atoms with Crippen LogP contribution in [0.3, 0.4) is 0 Å². The number of nitrogens with two attached hydrogens (primary N) is 1. The van der Waals surface area contributed by atoms with Gasteiger partial charge in [0.25, 0.3) is 0 Å². The van der Waals surface area contributed by atoms with Gasteiger partial charge in [-0.1, -0.05) is 59.7 Å². The number of rotatable bonds is 6. The van der Waals surface area contributed by atoms with Gasteiger partial charge in [0.1, 0.15) is 0 Å². The Kier molecular flexibility index (Phi) is 4.94. The number of aryl methyl sites for hydroxylation is 2. The average molecular weight is 390 g/mol. The molecule has 1 aliphatic carbocycles. The zero-order valence-corrected chi connectivity index (χ0v) is 16.7. The van der Waals surface area contributed by atoms with E-state index in [1.54, 1.807) is 31.4 Å². The molecule has 1 aliphatic rings. The molecule has 138 valence electrons. The number of ether oxygens (including phenoxy) is 1. The first-order chi connectivity index (χ1) is 12.2. The minimum absolute atomic E-state index is 0.177. The lowest BCUT2D eigenvalue weighted by Gasteiger charge is -2.16. The van der Waals surface area contributed by atoms with E-state index in [0.29, 0.717) is 4.90 Å². The van der Waals surface area contributed by atoms with Crippen LogP contribution in [0.25, 0.3) is 0 Å². The zero-order chi connectivity index (χ0) is 19.1. The fourth-order valence-corrected chi connectivity index (χ4v) is 6.53. The number of sulfone groups is 1. The van der Waals surface area contributed by atoms with Crippen molar-refractivity contribution in [2.75, 3.05) is 13.7 Å². The quantitative estimate of drug-likeness (QED) is 0.769. The molecule has 0 amide bonds. The minimum atomic E-state index is -3.61. The van der Waals surface area contributed by atoms with Crippen molar-refractivity contribution in [3.05, 3.63) is 65.2 Å². The third kappa shape index (κ3) is 2.96. The summed E-state index contributed by atoms with van der Waals surface area (Å²) in [6.07, 6.45) is 0. The highest BCUT2D eigenvalue weighted by Gasteiger charge is 2.73. The summed E-state index contributed by atoms with van der Waals surface area (Å²) < 4.78 is 32.1. The molecule has 3 rings (SSSR count). The molecule has 0 aliphatic heterocycles. The molecular weight excluding hydrogens is 366 g/mol. The number of hydrogen-bond acceptors (Lipinski definition) is 4. The second-order valence-electron chi connectivity index (χ2n) is 7.00. The van der Waals surface area contributed by atoms with E-state index in [9.17, 15) is 8.42 Å². The molecular formula is C20H23NO3S2. The van der Waals surface area contributed by atoms with E-state index in [-0.39, 0.29) is 17.5 Å². The van der Waals surface area contributed by atoms with E-state index in [0.717, 1.165) is 16.7 Å². The summed E-state index contributed by atoms with van der Waals surface area (Å²) in [5, 5.41) is -0.724. The lowest BCUT2D eigenvalue weighted by Crippen LogP contribution is -2.33. The SMILES string of the molecule is COC[C@]1(C(N)=S)[C@H](c2ccc(C)cc2)[C@H]1S(=O)(=O)c1ccc(C)cc1. The van der Waals surface area contributed by atoms with Gasteiger partial charge >= 0.3 is 0 Å². The molecule has 0 saturated heterocycles. The number of hydrogen-bond donors (Lipinski definition) is 1. The average Bonchev–Trinajstić information content (AvgIpc) is 3.27. The van der Waals surface area contributed by atoms with Crippen molar-refractivity contribution in [2.24, 2.45) is 11.1 Å². The predicted octanol–water partition coefficient (Wildman–Crippen LogP) is 3.16. The maximum Gasteiger partial charge on any atom is 0.182 e. The van der Waals surface area contributed by atoms with Crippen LogP contribution in [0.4, 0.5) is 0 Å². The van der Waals surface area contributed by atoms with Gasteiger partial charge in [0.15, 0.2) is 9.84 Å². The monoisotopic (exact) mass is 389 g/mol. The Morgan fingerprint density at radius 2 is 1.58 bits per heavy atom. The number of methoxy groups -OCH3 is 1. The normalized spacial score (nSPS) is 25.0. The first-order valence-corrected chi connectivity index (χ1v) is 10.4. The largest absolute Gasteiger partial charge is 0.393 e. The molecule has 4 nitrogen and oxygen atoms in total. The standard InChI is InChI=1S/C20H23NO3S2/c1-13-4-8-15(9-5-13)17-18(20(17,12-24-3)19(21)25)26(22,23)16-10-6-14(2)7-11-16/h4-11,17-18H,12H2,1-3H3,(H2,21,25)/t17-,18-,20+/m1/s1. The Hall–Kier alpha value is -1.76. The van der Waals surface area contributed by atoms with Crippen LogP contribution in [0.5, 0.6) is 0 Å². The van der Waals surface area contributed by atoms with Gasteiger partial charge in [-0.3, -0.25) is 0 Å². The molecule has 0 aromatic heterocycles. The fourth-order valence-electron chi connectivity index (χ4n) is 3.76. The van der Waals surface area contributed by atoms with Crippen LogP contribution >= 0.6 is 12.2 Å². The lowest BCUT2D eigenvalue weighted by molar-refractivity contribution is 0.166. The van der Waals surface area contributed by atoms with Gasteiger partial charge in [-0.05, 0) is 31.5 Å². The van der Waals surface area contributed by atoms with Crippen molar-refractivity contribution < 1.29 is 13.2 Å². The molecule has 0 unspecified atom stereocenters.